The Kier molecular flexibility index (Phi) is 3.41. The van der Waals surface area contributed by atoms with Gasteiger partial charge in [0, 0.05) is 12.1 Å². The van der Waals surface area contributed by atoms with E-state index in [1.165, 1.54) is 7.11 Å². The fourth-order valence-corrected chi connectivity index (χ4v) is 1.07. The Morgan fingerprint density at radius 2 is 2.36 bits per heavy atom. The summed E-state index contributed by atoms with van der Waals surface area (Å²) in [6.45, 7) is 0. The lowest BCUT2D eigenvalue weighted by Gasteiger charge is -2.08. The fraction of sp³-hybridized carbons (Fsp3) is 0.333. The number of nitrogens with zero attached hydrogens (tertiary/aromatic N) is 1. The van der Waals surface area contributed by atoms with Crippen LogP contribution in [0.15, 0.2) is 18.2 Å². The number of hydrogen-bond donors (Lipinski definition) is 2. The summed E-state index contributed by atoms with van der Waals surface area (Å²) in [4.78, 5) is 15.0. The highest BCUT2D eigenvalue weighted by atomic mass is 16.5. The van der Waals surface area contributed by atoms with E-state index in [0.717, 1.165) is 0 Å². The predicted molar refractivity (Wildman–Crippen MR) is 52.3 cm³/mol. The van der Waals surface area contributed by atoms with E-state index in [2.05, 4.69) is 9.72 Å². The first kappa shape index (κ1) is 10.5. The van der Waals surface area contributed by atoms with Gasteiger partial charge in [0.05, 0.1) is 7.11 Å². The van der Waals surface area contributed by atoms with Gasteiger partial charge in [-0.1, -0.05) is 6.07 Å². The molecule has 0 saturated carbocycles. The molecule has 1 aromatic heterocycles. The molecule has 0 aliphatic rings. The molecule has 0 aliphatic carbocycles. The van der Waals surface area contributed by atoms with Crippen molar-refractivity contribution in [1.82, 2.24) is 4.98 Å². The average Bonchev–Trinajstić information content (AvgIpc) is 2.16. The van der Waals surface area contributed by atoms with Crippen LogP contribution < -0.4 is 11.5 Å². The normalized spacial score (nSPS) is 12.1. The zero-order chi connectivity index (χ0) is 10.6. The van der Waals surface area contributed by atoms with Crippen molar-refractivity contribution in [2.75, 3.05) is 12.8 Å². The highest BCUT2D eigenvalue weighted by Gasteiger charge is 2.14. The number of ether oxygens (including phenoxy) is 1. The predicted octanol–water partition coefficient (Wildman–Crippen LogP) is -0.293. The number of carbonyl (C=O) groups excluding carboxylic acids is 1. The Morgan fingerprint density at radius 3 is 2.93 bits per heavy atom. The Bertz CT molecular complexity index is 328. The summed E-state index contributed by atoms with van der Waals surface area (Å²) in [6.07, 6.45) is 0.331. The van der Waals surface area contributed by atoms with E-state index in [9.17, 15) is 4.79 Å². The Morgan fingerprint density at radius 1 is 1.64 bits per heavy atom. The topological polar surface area (TPSA) is 91.2 Å². The molecule has 0 bridgehead atoms. The maximum absolute atomic E-state index is 11.0. The lowest BCUT2D eigenvalue weighted by molar-refractivity contribution is -0.142. The van der Waals surface area contributed by atoms with Crippen LogP contribution >= 0.6 is 0 Å². The lowest BCUT2D eigenvalue weighted by atomic mass is 10.1. The molecule has 4 N–H and O–H groups in total. The van der Waals surface area contributed by atoms with Crippen LogP contribution in [0.1, 0.15) is 5.69 Å². The molecule has 0 fully saturated rings. The van der Waals surface area contributed by atoms with Crippen molar-refractivity contribution in [2.24, 2.45) is 5.73 Å². The maximum Gasteiger partial charge on any atom is 0.323 e. The third-order valence-corrected chi connectivity index (χ3v) is 1.76. The number of hydrogen-bond acceptors (Lipinski definition) is 5. The molecule has 1 aromatic rings. The largest absolute Gasteiger partial charge is 0.468 e. The van der Waals surface area contributed by atoms with E-state index in [0.29, 0.717) is 17.9 Å². The standard InChI is InChI=1S/C9H13N3O2/c1-14-9(13)7(10)5-6-3-2-4-8(11)12-6/h2-4,7H,5,10H2,1H3,(H2,11,12). The molecular formula is C9H13N3O2. The van der Waals surface area contributed by atoms with Gasteiger partial charge in [-0.3, -0.25) is 4.79 Å². The van der Waals surface area contributed by atoms with Crippen LogP contribution in [-0.2, 0) is 16.0 Å². The van der Waals surface area contributed by atoms with E-state index in [4.69, 9.17) is 11.5 Å². The third-order valence-electron chi connectivity index (χ3n) is 1.76. The van der Waals surface area contributed by atoms with Gasteiger partial charge in [-0.25, -0.2) is 4.98 Å². The van der Waals surface area contributed by atoms with Crippen molar-refractivity contribution in [2.45, 2.75) is 12.5 Å². The molecule has 0 spiro atoms. The number of rotatable bonds is 3. The molecule has 0 saturated heterocycles. The molecule has 76 valence electrons. The van der Waals surface area contributed by atoms with Crippen molar-refractivity contribution < 1.29 is 9.53 Å². The first-order valence-electron chi connectivity index (χ1n) is 4.18. The third kappa shape index (κ3) is 2.70. The van der Waals surface area contributed by atoms with Crippen LogP contribution in [0, 0.1) is 0 Å². The van der Waals surface area contributed by atoms with Gasteiger partial charge in [0.1, 0.15) is 11.9 Å². The van der Waals surface area contributed by atoms with Crippen LogP contribution in [0.3, 0.4) is 0 Å². The number of anilines is 1. The molecule has 0 radical (unpaired) electrons. The van der Waals surface area contributed by atoms with Crippen molar-refractivity contribution in [1.29, 1.82) is 0 Å². The van der Waals surface area contributed by atoms with Crippen molar-refractivity contribution in [3.8, 4) is 0 Å². The SMILES string of the molecule is COC(=O)C(N)Cc1cccc(N)n1. The van der Waals surface area contributed by atoms with Crippen molar-refractivity contribution in [3.63, 3.8) is 0 Å². The number of nitrogen functional groups attached to an aromatic ring is 1. The fourth-order valence-electron chi connectivity index (χ4n) is 1.07. The Labute approximate surface area is 82.1 Å². The number of methoxy groups -OCH3 is 1. The van der Waals surface area contributed by atoms with E-state index < -0.39 is 12.0 Å². The van der Waals surface area contributed by atoms with Gasteiger partial charge in [0.2, 0.25) is 0 Å². The van der Waals surface area contributed by atoms with Crippen LogP contribution in [0.5, 0.6) is 0 Å². The van der Waals surface area contributed by atoms with E-state index in [1.807, 2.05) is 0 Å². The number of aromatic nitrogens is 1. The first-order valence-corrected chi connectivity index (χ1v) is 4.18. The molecular weight excluding hydrogens is 182 g/mol. The second-order valence-electron chi connectivity index (χ2n) is 2.89. The average molecular weight is 195 g/mol. The van der Waals surface area contributed by atoms with E-state index >= 15 is 0 Å². The Balaban J connectivity index is 2.64. The molecule has 1 atom stereocenters. The minimum absolute atomic E-state index is 0.331. The molecule has 5 nitrogen and oxygen atoms in total. The van der Waals surface area contributed by atoms with Gasteiger partial charge in [0.15, 0.2) is 0 Å². The van der Waals surface area contributed by atoms with Crippen molar-refractivity contribution >= 4 is 11.8 Å². The van der Waals surface area contributed by atoms with Gasteiger partial charge in [-0.15, -0.1) is 0 Å². The smallest absolute Gasteiger partial charge is 0.323 e. The highest BCUT2D eigenvalue weighted by molar-refractivity contribution is 5.75. The van der Waals surface area contributed by atoms with Gasteiger partial charge < -0.3 is 16.2 Å². The molecule has 1 rings (SSSR count). The van der Waals surface area contributed by atoms with Gasteiger partial charge in [-0.2, -0.15) is 0 Å². The molecule has 0 aliphatic heterocycles. The number of pyridine rings is 1. The van der Waals surface area contributed by atoms with E-state index in [-0.39, 0.29) is 0 Å². The maximum atomic E-state index is 11.0. The second-order valence-corrected chi connectivity index (χ2v) is 2.89. The summed E-state index contributed by atoms with van der Waals surface area (Å²) in [5, 5.41) is 0. The molecule has 1 unspecified atom stereocenters. The first-order chi connectivity index (χ1) is 6.63. The molecule has 0 aromatic carbocycles. The zero-order valence-electron chi connectivity index (χ0n) is 7.93. The molecule has 0 amide bonds. The number of carbonyl (C=O) groups is 1. The van der Waals surface area contributed by atoms with Gasteiger partial charge in [-0.05, 0) is 12.1 Å². The minimum Gasteiger partial charge on any atom is -0.468 e. The minimum atomic E-state index is -0.686. The molecule has 5 heteroatoms. The van der Waals surface area contributed by atoms with Gasteiger partial charge in [0.25, 0.3) is 0 Å². The lowest BCUT2D eigenvalue weighted by Crippen LogP contribution is -2.33. The number of nitrogens with two attached hydrogens (primary N) is 2. The summed E-state index contributed by atoms with van der Waals surface area (Å²) in [7, 11) is 1.30. The van der Waals surface area contributed by atoms with E-state index in [1.54, 1.807) is 18.2 Å². The summed E-state index contributed by atoms with van der Waals surface area (Å²) < 4.78 is 4.49. The van der Waals surface area contributed by atoms with Crippen LogP contribution in [0.4, 0.5) is 5.82 Å². The molecule has 14 heavy (non-hydrogen) atoms. The van der Waals surface area contributed by atoms with Crippen LogP contribution in [0.25, 0.3) is 0 Å². The summed E-state index contributed by atoms with van der Waals surface area (Å²) in [6, 6.07) is 4.52. The number of esters is 1. The highest BCUT2D eigenvalue weighted by Crippen LogP contribution is 2.03. The zero-order valence-corrected chi connectivity index (χ0v) is 7.93. The summed E-state index contributed by atoms with van der Waals surface area (Å²) in [5.74, 6) is -0.0335. The monoisotopic (exact) mass is 195 g/mol. The summed E-state index contributed by atoms with van der Waals surface area (Å²) in [5.41, 5.74) is 11.7. The summed E-state index contributed by atoms with van der Waals surface area (Å²) >= 11 is 0. The quantitative estimate of drug-likeness (QED) is 0.646. The second kappa shape index (κ2) is 4.57. The van der Waals surface area contributed by atoms with Crippen molar-refractivity contribution in [3.05, 3.63) is 23.9 Å². The van der Waals surface area contributed by atoms with Crippen LogP contribution in [-0.4, -0.2) is 24.1 Å². The molecule has 1 heterocycles. The Hall–Kier alpha value is -1.62. The van der Waals surface area contributed by atoms with Crippen LogP contribution in [0.2, 0.25) is 0 Å². The van der Waals surface area contributed by atoms with Gasteiger partial charge >= 0.3 is 5.97 Å².